The molecule has 0 radical (unpaired) electrons. The van der Waals surface area contributed by atoms with Crippen molar-refractivity contribution in [1.29, 1.82) is 0 Å². The number of carbonyl (C=O) groups excluding carboxylic acids is 1. The lowest BCUT2D eigenvalue weighted by Gasteiger charge is -2.08. The fraction of sp³-hybridized carbons (Fsp3) is 0.0556. The van der Waals surface area contributed by atoms with Crippen LogP contribution in [0.2, 0.25) is 0 Å². The van der Waals surface area contributed by atoms with Gasteiger partial charge in [-0.25, -0.2) is 14.0 Å². The Morgan fingerprint density at radius 2 is 1.85 bits per heavy atom. The fourth-order valence-electron chi connectivity index (χ4n) is 2.46. The zero-order chi connectivity index (χ0) is 18.8. The molecular formula is C18H13FN2O5. The van der Waals surface area contributed by atoms with Crippen LogP contribution in [0.25, 0.3) is 10.9 Å². The molecule has 0 bridgehead atoms. The number of carboxylic acid groups (broad SMARTS) is 1. The summed E-state index contributed by atoms with van der Waals surface area (Å²) in [5, 5.41) is 11.9. The number of fused-ring (bicyclic) bond motifs is 1. The normalized spacial score (nSPS) is 10.5. The maximum atomic E-state index is 13.7. The minimum atomic E-state index is -1.11. The minimum absolute atomic E-state index is 0.0309. The first kappa shape index (κ1) is 17.2. The van der Waals surface area contributed by atoms with Gasteiger partial charge in [0.15, 0.2) is 0 Å². The van der Waals surface area contributed by atoms with Gasteiger partial charge >= 0.3 is 11.9 Å². The van der Waals surface area contributed by atoms with Crippen molar-refractivity contribution in [3.05, 3.63) is 69.8 Å². The SMILES string of the molecule is CNc1cc(F)cc2cc(C(=O)Oc3ccc(C(=O)O)cc3)c(=O)[nH]c12. The number of carbonyl (C=O) groups is 2. The van der Waals surface area contributed by atoms with Crippen LogP contribution >= 0.6 is 0 Å². The standard InChI is InChI=1S/C18H13FN2O5/c1-20-14-8-11(19)6-10-7-13(16(22)21-15(10)14)18(25)26-12-4-2-9(3-5-12)17(23)24/h2-8,20H,1H3,(H,21,22)(H,23,24). The van der Waals surface area contributed by atoms with E-state index in [0.29, 0.717) is 16.6 Å². The molecule has 0 aliphatic carbocycles. The lowest BCUT2D eigenvalue weighted by molar-refractivity contribution is 0.0696. The lowest BCUT2D eigenvalue weighted by atomic mass is 10.1. The summed E-state index contributed by atoms with van der Waals surface area (Å²) >= 11 is 0. The van der Waals surface area contributed by atoms with Crippen molar-refractivity contribution in [1.82, 2.24) is 4.98 Å². The molecule has 8 heteroatoms. The maximum Gasteiger partial charge on any atom is 0.349 e. The van der Waals surface area contributed by atoms with Crippen LogP contribution in [-0.4, -0.2) is 29.1 Å². The molecular weight excluding hydrogens is 343 g/mol. The number of aromatic amines is 1. The number of anilines is 1. The van der Waals surface area contributed by atoms with Gasteiger partial charge < -0.3 is 20.1 Å². The summed E-state index contributed by atoms with van der Waals surface area (Å²) in [6.07, 6.45) is 0. The van der Waals surface area contributed by atoms with Crippen LogP contribution in [0.5, 0.6) is 5.75 Å². The predicted octanol–water partition coefficient (Wildman–Crippen LogP) is 2.63. The Morgan fingerprint density at radius 3 is 2.46 bits per heavy atom. The molecule has 3 N–H and O–H groups in total. The van der Waals surface area contributed by atoms with Crippen molar-refractivity contribution in [2.75, 3.05) is 12.4 Å². The Labute approximate surface area is 146 Å². The van der Waals surface area contributed by atoms with Crippen molar-refractivity contribution >= 4 is 28.5 Å². The molecule has 0 saturated carbocycles. The number of esters is 1. The molecule has 0 amide bonds. The molecule has 0 saturated heterocycles. The Balaban J connectivity index is 1.96. The largest absolute Gasteiger partial charge is 0.478 e. The van der Waals surface area contributed by atoms with E-state index in [4.69, 9.17) is 9.84 Å². The maximum absolute atomic E-state index is 13.7. The molecule has 0 unspecified atom stereocenters. The number of aromatic carboxylic acids is 1. The number of hydrogen-bond acceptors (Lipinski definition) is 5. The average molecular weight is 356 g/mol. The summed E-state index contributed by atoms with van der Waals surface area (Å²) in [4.78, 5) is 37.8. The summed E-state index contributed by atoms with van der Waals surface area (Å²) in [6, 6.07) is 8.79. The van der Waals surface area contributed by atoms with E-state index in [9.17, 15) is 18.8 Å². The van der Waals surface area contributed by atoms with Crippen LogP contribution in [0.4, 0.5) is 10.1 Å². The van der Waals surface area contributed by atoms with Gasteiger partial charge in [-0.3, -0.25) is 4.79 Å². The van der Waals surface area contributed by atoms with Gasteiger partial charge in [-0.2, -0.15) is 0 Å². The van der Waals surface area contributed by atoms with E-state index in [0.717, 1.165) is 0 Å². The molecule has 3 rings (SSSR count). The van der Waals surface area contributed by atoms with Crippen molar-refractivity contribution in [3.63, 3.8) is 0 Å². The third kappa shape index (κ3) is 3.25. The number of benzene rings is 2. The van der Waals surface area contributed by atoms with Gasteiger partial charge in [0.05, 0.1) is 16.8 Å². The number of hydrogen-bond donors (Lipinski definition) is 3. The van der Waals surface area contributed by atoms with Crippen molar-refractivity contribution in [2.45, 2.75) is 0 Å². The first-order chi connectivity index (χ1) is 12.4. The van der Waals surface area contributed by atoms with Gasteiger partial charge in [-0.05, 0) is 42.5 Å². The van der Waals surface area contributed by atoms with E-state index in [1.54, 1.807) is 7.05 Å². The molecule has 0 aliphatic heterocycles. The van der Waals surface area contributed by atoms with Gasteiger partial charge in [0.25, 0.3) is 5.56 Å². The average Bonchev–Trinajstić information content (AvgIpc) is 2.61. The number of rotatable bonds is 4. The Bertz CT molecular complexity index is 1070. The Kier molecular flexibility index (Phi) is 4.40. The number of ether oxygens (including phenoxy) is 1. The van der Waals surface area contributed by atoms with E-state index >= 15 is 0 Å². The van der Waals surface area contributed by atoms with Gasteiger partial charge in [0.2, 0.25) is 0 Å². The molecule has 0 spiro atoms. The summed E-state index contributed by atoms with van der Waals surface area (Å²) in [7, 11) is 1.58. The van der Waals surface area contributed by atoms with Gasteiger partial charge in [0, 0.05) is 12.4 Å². The van der Waals surface area contributed by atoms with Crippen LogP contribution < -0.4 is 15.6 Å². The fourth-order valence-corrected chi connectivity index (χ4v) is 2.46. The molecule has 3 aromatic rings. The van der Waals surface area contributed by atoms with Gasteiger partial charge in [-0.1, -0.05) is 0 Å². The Hall–Kier alpha value is -3.68. The van der Waals surface area contributed by atoms with Gasteiger partial charge in [-0.15, -0.1) is 0 Å². The van der Waals surface area contributed by atoms with E-state index in [-0.39, 0.29) is 16.9 Å². The van der Waals surface area contributed by atoms with Crippen LogP contribution in [0.1, 0.15) is 20.7 Å². The first-order valence-corrected chi connectivity index (χ1v) is 7.49. The lowest BCUT2D eigenvalue weighted by Crippen LogP contribution is -2.21. The molecule has 26 heavy (non-hydrogen) atoms. The highest BCUT2D eigenvalue weighted by Gasteiger charge is 2.16. The predicted molar refractivity (Wildman–Crippen MR) is 92.4 cm³/mol. The number of nitrogens with one attached hydrogen (secondary N) is 2. The number of carboxylic acids is 1. The van der Waals surface area contributed by atoms with E-state index in [1.807, 2.05) is 0 Å². The minimum Gasteiger partial charge on any atom is -0.478 e. The number of aromatic nitrogens is 1. The highest BCUT2D eigenvalue weighted by molar-refractivity contribution is 5.98. The quantitative estimate of drug-likeness (QED) is 0.490. The molecule has 7 nitrogen and oxygen atoms in total. The second-order valence-electron chi connectivity index (χ2n) is 5.40. The third-order valence-electron chi connectivity index (χ3n) is 3.72. The summed E-state index contributed by atoms with van der Waals surface area (Å²) in [6.45, 7) is 0. The zero-order valence-electron chi connectivity index (χ0n) is 13.5. The highest BCUT2D eigenvalue weighted by atomic mass is 19.1. The number of pyridine rings is 1. The van der Waals surface area contributed by atoms with Crippen molar-refractivity contribution < 1.29 is 23.8 Å². The number of H-pyrrole nitrogens is 1. The van der Waals surface area contributed by atoms with E-state index in [2.05, 4.69) is 10.3 Å². The van der Waals surface area contributed by atoms with Crippen LogP contribution in [0, 0.1) is 5.82 Å². The summed E-state index contributed by atoms with van der Waals surface area (Å²) in [5.41, 5.74) is -0.216. The highest BCUT2D eigenvalue weighted by Crippen LogP contribution is 2.23. The molecule has 0 atom stereocenters. The monoisotopic (exact) mass is 356 g/mol. The second kappa shape index (κ2) is 6.67. The van der Waals surface area contributed by atoms with Crippen molar-refractivity contribution in [2.24, 2.45) is 0 Å². The van der Waals surface area contributed by atoms with Crippen molar-refractivity contribution in [3.8, 4) is 5.75 Å². The summed E-state index contributed by atoms with van der Waals surface area (Å²) in [5.74, 6) is -2.50. The molecule has 132 valence electrons. The van der Waals surface area contributed by atoms with Crippen LogP contribution in [-0.2, 0) is 0 Å². The molecule has 0 fully saturated rings. The zero-order valence-corrected chi connectivity index (χ0v) is 13.5. The first-order valence-electron chi connectivity index (χ1n) is 7.49. The molecule has 2 aromatic carbocycles. The molecule has 0 aliphatic rings. The molecule has 1 aromatic heterocycles. The smallest absolute Gasteiger partial charge is 0.349 e. The topological polar surface area (TPSA) is 108 Å². The van der Waals surface area contributed by atoms with Crippen LogP contribution in [0.3, 0.4) is 0 Å². The second-order valence-corrected chi connectivity index (χ2v) is 5.40. The Morgan fingerprint density at radius 1 is 1.15 bits per heavy atom. The van der Waals surface area contributed by atoms with E-state index in [1.165, 1.54) is 42.5 Å². The van der Waals surface area contributed by atoms with E-state index < -0.39 is 23.3 Å². The third-order valence-corrected chi connectivity index (χ3v) is 3.72. The molecule has 1 heterocycles. The summed E-state index contributed by atoms with van der Waals surface area (Å²) < 4.78 is 18.8. The van der Waals surface area contributed by atoms with Crippen LogP contribution in [0.15, 0.2) is 47.3 Å². The van der Waals surface area contributed by atoms with Gasteiger partial charge in [0.1, 0.15) is 17.1 Å². The number of halogens is 1.